The number of hydrogen-bond donors (Lipinski definition) is 2. The van der Waals surface area contributed by atoms with Gasteiger partial charge in [-0.05, 0) is 18.9 Å². The first-order valence-electron chi connectivity index (χ1n) is 8.76. The molecule has 3 unspecified atom stereocenters. The number of carbonyl (C=O) groups is 2. The molecule has 0 aromatic heterocycles. The third-order valence-electron chi connectivity index (χ3n) is 5.07. The summed E-state index contributed by atoms with van der Waals surface area (Å²) in [7, 11) is 1.45. The van der Waals surface area contributed by atoms with Crippen LogP contribution in [0.2, 0.25) is 0 Å². The van der Waals surface area contributed by atoms with E-state index in [-0.39, 0.29) is 31.0 Å². The van der Waals surface area contributed by atoms with Gasteiger partial charge in [0, 0.05) is 19.2 Å². The van der Waals surface area contributed by atoms with Gasteiger partial charge in [0.1, 0.15) is 12.0 Å². The van der Waals surface area contributed by atoms with Crippen LogP contribution >= 0.6 is 0 Å². The quantitative estimate of drug-likeness (QED) is 0.294. The molecule has 0 bridgehead atoms. The molecule has 1 aromatic rings. The first kappa shape index (κ1) is 21.3. The van der Waals surface area contributed by atoms with Crippen LogP contribution in [0, 0.1) is 15.5 Å². The fourth-order valence-corrected chi connectivity index (χ4v) is 3.54. The number of esters is 1. The SMILES string of the molecule is CCC1(C(=O)O)C(C)NN=C(C(=O)OCCOC)C1c1cccc([N+](=O)[O-])c1. The number of nitrogens with one attached hydrogen (secondary N) is 1. The summed E-state index contributed by atoms with van der Waals surface area (Å²) < 4.78 is 9.99. The standard InChI is InChI=1S/C18H23N3O7/c1-4-18(17(23)24)11(2)19-20-15(16(22)28-9-8-27-3)14(18)12-6-5-7-13(10-12)21(25)26/h5-7,10-11,14,19H,4,8-9H2,1-3H3,(H,23,24). The Kier molecular flexibility index (Phi) is 6.68. The van der Waals surface area contributed by atoms with Crippen LogP contribution in [0.1, 0.15) is 31.7 Å². The Hall–Kier alpha value is -3.01. The summed E-state index contributed by atoms with van der Waals surface area (Å²) in [6, 6.07) is 4.95. The van der Waals surface area contributed by atoms with Crippen LogP contribution in [0.4, 0.5) is 5.69 Å². The molecule has 0 amide bonds. The van der Waals surface area contributed by atoms with Gasteiger partial charge in [0.05, 0.1) is 23.5 Å². The molecule has 10 heteroatoms. The Morgan fingerprint density at radius 1 is 1.39 bits per heavy atom. The zero-order chi connectivity index (χ0) is 20.9. The summed E-state index contributed by atoms with van der Waals surface area (Å²) in [4.78, 5) is 35.6. The maximum absolute atomic E-state index is 12.6. The van der Waals surface area contributed by atoms with E-state index in [1.54, 1.807) is 19.9 Å². The van der Waals surface area contributed by atoms with Gasteiger partial charge in [-0.25, -0.2) is 4.79 Å². The van der Waals surface area contributed by atoms with Gasteiger partial charge in [-0.3, -0.25) is 14.9 Å². The largest absolute Gasteiger partial charge is 0.481 e. The highest BCUT2D eigenvalue weighted by atomic mass is 16.6. The zero-order valence-corrected chi connectivity index (χ0v) is 15.9. The molecule has 0 spiro atoms. The molecule has 2 rings (SSSR count). The highest BCUT2D eigenvalue weighted by molar-refractivity contribution is 6.39. The number of nitrogens with zero attached hydrogens (tertiary/aromatic N) is 2. The molecule has 0 saturated carbocycles. The Morgan fingerprint density at radius 3 is 2.68 bits per heavy atom. The van der Waals surface area contributed by atoms with Gasteiger partial charge < -0.3 is 20.0 Å². The lowest BCUT2D eigenvalue weighted by Gasteiger charge is -2.43. The van der Waals surface area contributed by atoms with Gasteiger partial charge >= 0.3 is 11.9 Å². The molecule has 152 valence electrons. The van der Waals surface area contributed by atoms with E-state index in [9.17, 15) is 24.8 Å². The number of rotatable bonds is 8. The van der Waals surface area contributed by atoms with Crippen molar-refractivity contribution in [3.8, 4) is 0 Å². The zero-order valence-electron chi connectivity index (χ0n) is 15.9. The second-order valence-electron chi connectivity index (χ2n) is 6.46. The topological polar surface area (TPSA) is 140 Å². The summed E-state index contributed by atoms with van der Waals surface area (Å²) in [6.07, 6.45) is 0.161. The first-order valence-corrected chi connectivity index (χ1v) is 8.76. The number of non-ortho nitro benzene ring substituents is 1. The fourth-order valence-electron chi connectivity index (χ4n) is 3.54. The van der Waals surface area contributed by atoms with Crippen LogP contribution in [0.3, 0.4) is 0 Å². The molecule has 0 aliphatic carbocycles. The van der Waals surface area contributed by atoms with Crippen molar-refractivity contribution in [1.82, 2.24) is 5.43 Å². The van der Waals surface area contributed by atoms with Crippen molar-refractivity contribution in [2.45, 2.75) is 32.2 Å². The van der Waals surface area contributed by atoms with Crippen LogP contribution in [0.5, 0.6) is 0 Å². The van der Waals surface area contributed by atoms with Gasteiger partial charge in [-0.2, -0.15) is 5.10 Å². The van der Waals surface area contributed by atoms with Gasteiger partial charge in [-0.15, -0.1) is 0 Å². The Bertz CT molecular complexity index is 795. The second-order valence-corrected chi connectivity index (χ2v) is 6.46. The van der Waals surface area contributed by atoms with Crippen molar-refractivity contribution in [3.63, 3.8) is 0 Å². The van der Waals surface area contributed by atoms with Crippen LogP contribution in [-0.2, 0) is 19.1 Å². The van der Waals surface area contributed by atoms with Crippen LogP contribution in [0.25, 0.3) is 0 Å². The van der Waals surface area contributed by atoms with Gasteiger partial charge in [0.25, 0.3) is 5.69 Å². The van der Waals surface area contributed by atoms with Crippen LogP contribution in [0.15, 0.2) is 29.4 Å². The summed E-state index contributed by atoms with van der Waals surface area (Å²) in [5.74, 6) is -2.96. The minimum absolute atomic E-state index is 0.0300. The number of ether oxygens (including phenoxy) is 2. The van der Waals surface area contributed by atoms with Crippen molar-refractivity contribution >= 4 is 23.3 Å². The normalized spacial score (nSPS) is 24.0. The minimum Gasteiger partial charge on any atom is -0.481 e. The van der Waals surface area contributed by atoms with Gasteiger partial charge in [-0.1, -0.05) is 19.1 Å². The lowest BCUT2D eigenvalue weighted by Crippen LogP contribution is -2.57. The lowest BCUT2D eigenvalue weighted by molar-refractivity contribution is -0.384. The Morgan fingerprint density at radius 2 is 2.11 bits per heavy atom. The summed E-state index contributed by atoms with van der Waals surface area (Å²) >= 11 is 0. The van der Waals surface area contributed by atoms with E-state index in [1.165, 1.54) is 25.3 Å². The smallest absolute Gasteiger partial charge is 0.355 e. The summed E-state index contributed by atoms with van der Waals surface area (Å²) in [6.45, 7) is 3.48. The molecule has 3 atom stereocenters. The van der Waals surface area contributed by atoms with E-state index in [2.05, 4.69) is 10.5 Å². The monoisotopic (exact) mass is 393 g/mol. The second kappa shape index (κ2) is 8.79. The lowest BCUT2D eigenvalue weighted by atomic mass is 9.63. The highest BCUT2D eigenvalue weighted by Gasteiger charge is 2.55. The number of carboxylic acids is 1. The Labute approximate surface area is 161 Å². The third kappa shape index (κ3) is 3.81. The number of hydrogen-bond acceptors (Lipinski definition) is 8. The van der Waals surface area contributed by atoms with Gasteiger partial charge in [0.2, 0.25) is 0 Å². The molecule has 0 saturated heterocycles. The summed E-state index contributed by atoms with van der Waals surface area (Å²) in [5.41, 5.74) is 1.22. The molecule has 1 heterocycles. The number of nitro benzene ring substituents is 1. The Balaban J connectivity index is 2.60. The maximum atomic E-state index is 12.6. The molecule has 0 radical (unpaired) electrons. The van der Waals surface area contributed by atoms with Crippen LogP contribution in [-0.4, -0.2) is 54.0 Å². The van der Waals surface area contributed by atoms with Crippen molar-refractivity contribution in [2.24, 2.45) is 10.5 Å². The van der Waals surface area contributed by atoms with E-state index in [0.29, 0.717) is 5.56 Å². The molecule has 1 aromatic carbocycles. The van der Waals surface area contributed by atoms with Crippen LogP contribution < -0.4 is 5.43 Å². The average molecular weight is 393 g/mol. The molecule has 2 N–H and O–H groups in total. The number of carbonyl (C=O) groups excluding carboxylic acids is 1. The molecule has 1 aliphatic rings. The number of benzene rings is 1. The molecular weight excluding hydrogens is 370 g/mol. The molecule has 1 aliphatic heterocycles. The molecule has 10 nitrogen and oxygen atoms in total. The van der Waals surface area contributed by atoms with Crippen molar-refractivity contribution in [1.29, 1.82) is 0 Å². The predicted octanol–water partition coefficient (Wildman–Crippen LogP) is 1.70. The van der Waals surface area contributed by atoms with Crippen molar-refractivity contribution < 1.29 is 29.1 Å². The predicted molar refractivity (Wildman–Crippen MR) is 99.1 cm³/mol. The van der Waals surface area contributed by atoms with Crippen molar-refractivity contribution in [3.05, 3.63) is 39.9 Å². The number of carboxylic acid groups (broad SMARTS) is 1. The maximum Gasteiger partial charge on any atom is 0.355 e. The highest BCUT2D eigenvalue weighted by Crippen LogP contribution is 2.46. The number of hydrazone groups is 1. The van der Waals surface area contributed by atoms with E-state index < -0.39 is 34.2 Å². The van der Waals surface area contributed by atoms with Crippen molar-refractivity contribution in [2.75, 3.05) is 20.3 Å². The van der Waals surface area contributed by atoms with E-state index in [1.807, 2.05) is 0 Å². The number of methoxy groups -OCH3 is 1. The molecule has 28 heavy (non-hydrogen) atoms. The van der Waals surface area contributed by atoms with E-state index in [4.69, 9.17) is 9.47 Å². The third-order valence-corrected chi connectivity index (χ3v) is 5.07. The molecular formula is C18H23N3O7. The summed E-state index contributed by atoms with van der Waals surface area (Å²) in [5, 5.41) is 25.3. The van der Waals surface area contributed by atoms with E-state index >= 15 is 0 Å². The fraction of sp³-hybridized carbons (Fsp3) is 0.500. The average Bonchev–Trinajstić information content (AvgIpc) is 2.67. The van der Waals surface area contributed by atoms with Gasteiger partial charge in [0.15, 0.2) is 5.71 Å². The first-order chi connectivity index (χ1) is 13.3. The number of aliphatic carboxylic acids is 1. The molecule has 0 fully saturated rings. The number of nitro groups is 1. The minimum atomic E-state index is -1.45. The van der Waals surface area contributed by atoms with E-state index in [0.717, 1.165) is 0 Å².